The third kappa shape index (κ3) is 4.87. The summed E-state index contributed by atoms with van der Waals surface area (Å²) in [5, 5.41) is 0. The summed E-state index contributed by atoms with van der Waals surface area (Å²) in [5.41, 5.74) is 4.85. The maximum Gasteiger partial charge on any atom is 0.416 e. The molecule has 7 heteroatoms. The third-order valence-electron chi connectivity index (χ3n) is 2.10. The first-order chi connectivity index (χ1) is 7.30. The van der Waals surface area contributed by atoms with Gasteiger partial charge in [0.05, 0.1) is 5.56 Å². The van der Waals surface area contributed by atoms with Crippen molar-refractivity contribution in [3.8, 4) is 0 Å². The van der Waals surface area contributed by atoms with Crippen LogP contribution in [0.3, 0.4) is 0 Å². The molecule has 0 radical (unpaired) electrons. The van der Waals surface area contributed by atoms with E-state index in [1.165, 1.54) is 0 Å². The molecule has 17 heavy (non-hydrogen) atoms. The lowest BCUT2D eigenvalue weighted by Gasteiger charge is -2.12. The van der Waals surface area contributed by atoms with E-state index in [2.05, 4.69) is 0 Å². The lowest BCUT2D eigenvalue weighted by atomic mass is 10.0. The van der Waals surface area contributed by atoms with Gasteiger partial charge in [-0.3, -0.25) is 0 Å². The van der Waals surface area contributed by atoms with Gasteiger partial charge < -0.3 is 5.73 Å². The minimum atomic E-state index is -4.43. The van der Waals surface area contributed by atoms with Crippen LogP contribution in [0.2, 0.25) is 0 Å². The molecule has 1 aromatic carbocycles. The molecule has 98 valence electrons. The first-order valence-electron chi connectivity index (χ1n) is 4.51. The Hall–Kier alpha value is -0.880. The first-order valence-corrected chi connectivity index (χ1v) is 4.51. The van der Waals surface area contributed by atoms with Gasteiger partial charge in [-0.05, 0) is 17.7 Å². The summed E-state index contributed by atoms with van der Waals surface area (Å²) in [5.74, 6) is 0. The number of hydrogen-bond donors (Lipinski definition) is 1. The molecule has 0 bridgehead atoms. The molecule has 0 spiro atoms. The van der Waals surface area contributed by atoms with Gasteiger partial charge in [0.15, 0.2) is 0 Å². The maximum atomic E-state index is 12.2. The Kier molecular flexibility index (Phi) is 5.84. The van der Waals surface area contributed by atoms with E-state index in [1.807, 2.05) is 0 Å². The molecule has 0 heterocycles. The van der Waals surface area contributed by atoms with Crippen LogP contribution in [0.25, 0.3) is 0 Å². The van der Waals surface area contributed by atoms with Crippen molar-refractivity contribution in [2.45, 2.75) is 25.1 Å². The number of rotatable bonds is 3. The minimum Gasteiger partial charge on any atom is -0.324 e. The fraction of sp³-hybridized carbons (Fsp3) is 0.400. The largest absolute Gasteiger partial charge is 0.416 e. The monoisotopic (exact) mass is 275 g/mol. The van der Waals surface area contributed by atoms with Crippen molar-refractivity contribution in [3.05, 3.63) is 35.4 Å². The number of nitrogens with two attached hydrogens (primary N) is 1. The van der Waals surface area contributed by atoms with E-state index in [9.17, 15) is 22.0 Å². The second kappa shape index (κ2) is 6.16. The van der Waals surface area contributed by atoms with Crippen molar-refractivity contribution in [2.75, 3.05) is 0 Å². The number of hydrogen-bond acceptors (Lipinski definition) is 1. The summed E-state index contributed by atoms with van der Waals surface area (Å²) < 4.78 is 60.5. The van der Waals surface area contributed by atoms with E-state index in [1.54, 1.807) is 0 Å². The van der Waals surface area contributed by atoms with Crippen molar-refractivity contribution in [2.24, 2.45) is 5.73 Å². The Bertz CT molecular complexity index is 336. The predicted octanol–water partition coefficient (Wildman–Crippen LogP) is 3.78. The van der Waals surface area contributed by atoms with Crippen LogP contribution < -0.4 is 5.73 Å². The molecule has 0 fully saturated rings. The van der Waals surface area contributed by atoms with Crippen molar-refractivity contribution in [1.82, 2.24) is 0 Å². The highest BCUT2D eigenvalue weighted by molar-refractivity contribution is 5.85. The van der Waals surface area contributed by atoms with Gasteiger partial charge in [-0.25, -0.2) is 8.78 Å². The molecule has 1 aromatic rings. The molecule has 0 amide bonds. The molecule has 0 unspecified atom stereocenters. The zero-order valence-electron chi connectivity index (χ0n) is 8.55. The Morgan fingerprint density at radius 1 is 1.06 bits per heavy atom. The second-order valence-corrected chi connectivity index (χ2v) is 3.35. The molecule has 0 aliphatic rings. The van der Waals surface area contributed by atoms with E-state index in [0.717, 1.165) is 24.3 Å². The molecule has 1 atom stereocenters. The highest BCUT2D eigenvalue weighted by atomic mass is 35.5. The predicted molar refractivity (Wildman–Crippen MR) is 56.2 cm³/mol. The van der Waals surface area contributed by atoms with E-state index in [4.69, 9.17) is 5.73 Å². The molecular formula is C10H11ClF5N. The van der Waals surface area contributed by atoms with Crippen LogP contribution in [-0.2, 0) is 6.18 Å². The molecule has 1 rings (SSSR count). The third-order valence-corrected chi connectivity index (χ3v) is 2.10. The summed E-state index contributed by atoms with van der Waals surface area (Å²) in [7, 11) is 0. The Balaban J connectivity index is 0.00000256. The van der Waals surface area contributed by atoms with Crippen LogP contribution in [0.4, 0.5) is 22.0 Å². The summed E-state index contributed by atoms with van der Waals surface area (Å²) in [6, 6.07) is 2.97. The molecule has 0 aromatic heterocycles. The smallest absolute Gasteiger partial charge is 0.324 e. The van der Waals surface area contributed by atoms with E-state index in [0.29, 0.717) is 0 Å². The minimum absolute atomic E-state index is 0. The van der Waals surface area contributed by atoms with Gasteiger partial charge in [-0.2, -0.15) is 13.2 Å². The first kappa shape index (κ1) is 16.1. The van der Waals surface area contributed by atoms with Crippen LogP contribution >= 0.6 is 12.4 Å². The van der Waals surface area contributed by atoms with Crippen LogP contribution in [0.1, 0.15) is 23.6 Å². The molecule has 1 nitrogen and oxygen atoms in total. The molecule has 0 saturated carbocycles. The highest BCUT2D eigenvalue weighted by Gasteiger charge is 2.30. The molecule has 2 N–H and O–H groups in total. The summed E-state index contributed by atoms with van der Waals surface area (Å²) in [6.07, 6.45) is -7.56. The number of benzene rings is 1. The van der Waals surface area contributed by atoms with Crippen LogP contribution in [0.5, 0.6) is 0 Å². The molecule has 0 saturated heterocycles. The Morgan fingerprint density at radius 2 is 1.53 bits per heavy atom. The van der Waals surface area contributed by atoms with Crippen molar-refractivity contribution in [3.63, 3.8) is 0 Å². The SMILES string of the molecule is Cl.N[C@@H](CC(F)F)c1ccc(C(F)(F)F)cc1. The van der Waals surface area contributed by atoms with Gasteiger partial charge in [-0.1, -0.05) is 12.1 Å². The summed E-state index contributed by atoms with van der Waals surface area (Å²) in [6.45, 7) is 0. The molecule has 0 aliphatic carbocycles. The normalized spacial score (nSPS) is 13.4. The Labute approximate surface area is 101 Å². The second-order valence-electron chi connectivity index (χ2n) is 3.35. The zero-order valence-corrected chi connectivity index (χ0v) is 9.36. The Morgan fingerprint density at radius 3 is 1.88 bits per heavy atom. The summed E-state index contributed by atoms with van der Waals surface area (Å²) in [4.78, 5) is 0. The van der Waals surface area contributed by atoms with Crippen LogP contribution in [-0.4, -0.2) is 6.43 Å². The van der Waals surface area contributed by atoms with Crippen LogP contribution in [0, 0.1) is 0 Å². The number of alkyl halides is 5. The van der Waals surface area contributed by atoms with Gasteiger partial charge in [0.2, 0.25) is 6.43 Å². The molecular weight excluding hydrogens is 265 g/mol. The van der Waals surface area contributed by atoms with Gasteiger partial charge in [-0.15, -0.1) is 12.4 Å². The average Bonchev–Trinajstić information content (AvgIpc) is 2.15. The van der Waals surface area contributed by atoms with E-state index in [-0.39, 0.29) is 18.0 Å². The highest BCUT2D eigenvalue weighted by Crippen LogP contribution is 2.30. The quantitative estimate of drug-likeness (QED) is 0.835. The summed E-state index contributed by atoms with van der Waals surface area (Å²) >= 11 is 0. The lowest BCUT2D eigenvalue weighted by Crippen LogP contribution is -2.14. The fourth-order valence-electron chi connectivity index (χ4n) is 1.25. The average molecular weight is 276 g/mol. The van der Waals surface area contributed by atoms with Gasteiger partial charge in [0.1, 0.15) is 0 Å². The van der Waals surface area contributed by atoms with Crippen molar-refractivity contribution in [1.29, 1.82) is 0 Å². The van der Waals surface area contributed by atoms with E-state index >= 15 is 0 Å². The van der Waals surface area contributed by atoms with Crippen molar-refractivity contribution >= 4 is 12.4 Å². The molecule has 0 aliphatic heterocycles. The lowest BCUT2D eigenvalue weighted by molar-refractivity contribution is -0.137. The van der Waals surface area contributed by atoms with Gasteiger partial charge >= 0.3 is 6.18 Å². The van der Waals surface area contributed by atoms with Gasteiger partial charge in [0, 0.05) is 12.5 Å². The standard InChI is InChI=1S/C10H10F5N.ClH/c11-9(12)5-8(16)6-1-3-7(4-2-6)10(13,14)15;/h1-4,8-9H,5,16H2;1H/t8-;/m0./s1. The van der Waals surface area contributed by atoms with Crippen LogP contribution in [0.15, 0.2) is 24.3 Å². The van der Waals surface area contributed by atoms with E-state index < -0.39 is 30.6 Å². The topological polar surface area (TPSA) is 26.0 Å². The fourth-order valence-corrected chi connectivity index (χ4v) is 1.25. The maximum absolute atomic E-state index is 12.2. The van der Waals surface area contributed by atoms with Gasteiger partial charge in [0.25, 0.3) is 0 Å². The van der Waals surface area contributed by atoms with Crippen molar-refractivity contribution < 1.29 is 22.0 Å². The zero-order chi connectivity index (χ0) is 12.3. The number of halogens is 6.